The molecule has 12 heavy (non-hydrogen) atoms. The summed E-state index contributed by atoms with van der Waals surface area (Å²) in [5.41, 5.74) is 0. The second-order valence-electron chi connectivity index (χ2n) is 3.89. The molecule has 0 aromatic rings. The first-order valence-corrected chi connectivity index (χ1v) is 5.58. The number of thioether (sulfide) groups is 1. The Morgan fingerprint density at radius 3 is 2.92 bits per heavy atom. The summed E-state index contributed by atoms with van der Waals surface area (Å²) in [6.45, 7) is 0. The lowest BCUT2D eigenvalue weighted by Crippen LogP contribution is -2.37. The van der Waals surface area contributed by atoms with Crippen molar-refractivity contribution in [3.63, 3.8) is 0 Å². The number of amides is 2. The average Bonchev–Trinajstić information content (AvgIpc) is 2.69. The fourth-order valence-electron chi connectivity index (χ4n) is 2.18. The molecule has 2 aliphatic heterocycles. The van der Waals surface area contributed by atoms with Crippen LogP contribution in [0.3, 0.4) is 0 Å². The van der Waals surface area contributed by atoms with Gasteiger partial charge in [0.05, 0.1) is 12.1 Å². The predicted molar refractivity (Wildman–Crippen MR) is 48.2 cm³/mol. The Morgan fingerprint density at radius 2 is 2.17 bits per heavy atom. The maximum absolute atomic E-state index is 11.0. The van der Waals surface area contributed by atoms with Gasteiger partial charge in [-0.3, -0.25) is 0 Å². The summed E-state index contributed by atoms with van der Waals surface area (Å²) in [4.78, 5) is 11.0. The van der Waals surface area contributed by atoms with Crippen molar-refractivity contribution in [2.45, 2.75) is 30.2 Å². The Bertz CT molecular complexity index is 229. The summed E-state index contributed by atoms with van der Waals surface area (Å²) in [6, 6.07) is 0.874. The molecule has 3 aliphatic rings. The zero-order valence-corrected chi connectivity index (χ0v) is 7.56. The Kier molecular flexibility index (Phi) is 1.36. The first-order chi connectivity index (χ1) is 5.84. The fourth-order valence-corrected chi connectivity index (χ4v) is 3.91. The minimum absolute atomic E-state index is 0.0379. The second-order valence-corrected chi connectivity index (χ2v) is 5.10. The number of hydrogen-bond acceptors (Lipinski definition) is 2. The van der Waals surface area contributed by atoms with Crippen LogP contribution in [-0.2, 0) is 0 Å². The third-order valence-electron chi connectivity index (χ3n) is 2.96. The van der Waals surface area contributed by atoms with Gasteiger partial charge in [0.2, 0.25) is 0 Å². The largest absolute Gasteiger partial charge is 0.332 e. The van der Waals surface area contributed by atoms with Crippen molar-refractivity contribution in [2.24, 2.45) is 5.92 Å². The van der Waals surface area contributed by atoms with Crippen LogP contribution in [0.4, 0.5) is 4.79 Å². The van der Waals surface area contributed by atoms with Crippen LogP contribution < -0.4 is 10.6 Å². The number of nitrogens with one attached hydrogen (secondary N) is 2. The third-order valence-corrected chi connectivity index (χ3v) is 4.57. The number of fused-ring (bicyclic) bond motifs is 1. The molecule has 0 radical (unpaired) electrons. The predicted octanol–water partition coefficient (Wildman–Crippen LogP) is 0.562. The standard InChI is InChI=1S/C8H12N2OS/c11-8-9-5-3-12-7(4-1-2-4)6(5)10-8/h4-7H,1-3H2,(H2,9,10,11). The van der Waals surface area contributed by atoms with E-state index in [-0.39, 0.29) is 6.03 Å². The van der Waals surface area contributed by atoms with Crippen LogP contribution in [0.5, 0.6) is 0 Å². The molecule has 3 unspecified atom stereocenters. The van der Waals surface area contributed by atoms with Gasteiger partial charge in [-0.15, -0.1) is 0 Å². The van der Waals surface area contributed by atoms with E-state index in [1.54, 1.807) is 0 Å². The molecule has 0 bridgehead atoms. The summed E-state index contributed by atoms with van der Waals surface area (Å²) in [6.07, 6.45) is 2.74. The van der Waals surface area contributed by atoms with Crippen LogP contribution in [-0.4, -0.2) is 29.1 Å². The topological polar surface area (TPSA) is 41.1 Å². The van der Waals surface area contributed by atoms with E-state index >= 15 is 0 Å². The van der Waals surface area contributed by atoms with Gasteiger partial charge in [0.25, 0.3) is 0 Å². The molecular formula is C8H12N2OS. The van der Waals surface area contributed by atoms with Crippen molar-refractivity contribution in [1.82, 2.24) is 10.6 Å². The molecule has 3 atom stereocenters. The summed E-state index contributed by atoms with van der Waals surface area (Å²) in [7, 11) is 0. The molecular weight excluding hydrogens is 172 g/mol. The van der Waals surface area contributed by atoms with E-state index in [0.717, 1.165) is 11.7 Å². The maximum atomic E-state index is 11.0. The van der Waals surface area contributed by atoms with Gasteiger partial charge in [0, 0.05) is 11.0 Å². The molecule has 2 amide bonds. The van der Waals surface area contributed by atoms with Crippen molar-refractivity contribution in [3.05, 3.63) is 0 Å². The zero-order chi connectivity index (χ0) is 8.13. The van der Waals surface area contributed by atoms with Gasteiger partial charge < -0.3 is 10.6 Å². The highest BCUT2D eigenvalue weighted by Gasteiger charge is 2.48. The van der Waals surface area contributed by atoms with Gasteiger partial charge in [-0.05, 0) is 18.8 Å². The summed E-state index contributed by atoms with van der Waals surface area (Å²) >= 11 is 2.03. The molecule has 66 valence electrons. The SMILES string of the molecule is O=C1NC2CSC(C3CC3)C2N1. The average molecular weight is 184 g/mol. The quantitative estimate of drug-likeness (QED) is 0.585. The molecule has 0 aromatic carbocycles. The smallest absolute Gasteiger partial charge is 0.315 e. The molecule has 0 spiro atoms. The first kappa shape index (κ1) is 7.06. The van der Waals surface area contributed by atoms with Crippen molar-refractivity contribution >= 4 is 17.8 Å². The molecule has 3 rings (SSSR count). The number of carbonyl (C=O) groups excluding carboxylic acids is 1. The molecule has 2 heterocycles. The Balaban J connectivity index is 1.77. The van der Waals surface area contributed by atoms with Gasteiger partial charge in [-0.25, -0.2) is 4.79 Å². The van der Waals surface area contributed by atoms with E-state index in [1.807, 2.05) is 11.8 Å². The van der Waals surface area contributed by atoms with Gasteiger partial charge in [0.15, 0.2) is 0 Å². The first-order valence-electron chi connectivity index (χ1n) is 4.53. The molecule has 4 heteroatoms. The minimum atomic E-state index is 0.0379. The fraction of sp³-hybridized carbons (Fsp3) is 0.875. The van der Waals surface area contributed by atoms with Gasteiger partial charge >= 0.3 is 6.03 Å². The number of hydrogen-bond donors (Lipinski definition) is 2. The molecule has 2 saturated heterocycles. The van der Waals surface area contributed by atoms with Gasteiger partial charge in [-0.1, -0.05) is 0 Å². The lowest BCUT2D eigenvalue weighted by atomic mass is 10.1. The molecule has 1 saturated carbocycles. The maximum Gasteiger partial charge on any atom is 0.315 e. The van der Waals surface area contributed by atoms with Gasteiger partial charge in [0.1, 0.15) is 0 Å². The van der Waals surface area contributed by atoms with Crippen molar-refractivity contribution in [1.29, 1.82) is 0 Å². The lowest BCUT2D eigenvalue weighted by Gasteiger charge is -2.15. The van der Waals surface area contributed by atoms with Crippen LogP contribution in [0.15, 0.2) is 0 Å². The van der Waals surface area contributed by atoms with Crippen molar-refractivity contribution < 1.29 is 4.79 Å². The summed E-state index contributed by atoms with van der Waals surface area (Å²) < 4.78 is 0. The van der Waals surface area contributed by atoms with E-state index in [1.165, 1.54) is 12.8 Å². The number of carbonyl (C=O) groups is 1. The minimum Gasteiger partial charge on any atom is -0.332 e. The summed E-state index contributed by atoms with van der Waals surface area (Å²) in [5.74, 6) is 2.00. The van der Waals surface area contributed by atoms with Crippen LogP contribution in [0.1, 0.15) is 12.8 Å². The highest BCUT2D eigenvalue weighted by atomic mass is 32.2. The van der Waals surface area contributed by atoms with E-state index < -0.39 is 0 Å². The molecule has 3 nitrogen and oxygen atoms in total. The number of rotatable bonds is 1. The van der Waals surface area contributed by atoms with Gasteiger partial charge in [-0.2, -0.15) is 11.8 Å². The lowest BCUT2D eigenvalue weighted by molar-refractivity contribution is 0.247. The second kappa shape index (κ2) is 2.31. The van der Waals surface area contributed by atoms with Crippen LogP contribution in [0.2, 0.25) is 0 Å². The van der Waals surface area contributed by atoms with E-state index in [2.05, 4.69) is 10.6 Å². The molecule has 0 aromatic heterocycles. The van der Waals surface area contributed by atoms with E-state index in [4.69, 9.17) is 0 Å². The highest BCUT2D eigenvalue weighted by molar-refractivity contribution is 8.00. The van der Waals surface area contributed by atoms with E-state index in [0.29, 0.717) is 17.3 Å². The Hall–Kier alpha value is -0.380. The summed E-state index contributed by atoms with van der Waals surface area (Å²) in [5, 5.41) is 6.68. The molecule has 3 fully saturated rings. The normalized spacial score (nSPS) is 45.3. The van der Waals surface area contributed by atoms with Crippen molar-refractivity contribution in [3.8, 4) is 0 Å². The zero-order valence-electron chi connectivity index (χ0n) is 6.75. The third kappa shape index (κ3) is 0.937. The van der Waals surface area contributed by atoms with Crippen LogP contribution >= 0.6 is 11.8 Å². The van der Waals surface area contributed by atoms with E-state index in [9.17, 15) is 4.79 Å². The Morgan fingerprint density at radius 1 is 1.33 bits per heavy atom. The van der Waals surface area contributed by atoms with Crippen LogP contribution in [0, 0.1) is 5.92 Å². The highest BCUT2D eigenvalue weighted by Crippen LogP contribution is 2.45. The van der Waals surface area contributed by atoms with Crippen molar-refractivity contribution in [2.75, 3.05) is 5.75 Å². The number of urea groups is 1. The molecule has 2 N–H and O–H groups in total. The molecule has 1 aliphatic carbocycles. The Labute approximate surface area is 75.7 Å². The monoisotopic (exact) mass is 184 g/mol. The van der Waals surface area contributed by atoms with Crippen LogP contribution in [0.25, 0.3) is 0 Å².